The molecule has 0 spiro atoms. The lowest BCUT2D eigenvalue weighted by Gasteiger charge is -2.07. The summed E-state index contributed by atoms with van der Waals surface area (Å²) in [5.74, 6) is 0.647. The van der Waals surface area contributed by atoms with Gasteiger partial charge in [-0.1, -0.05) is 30.3 Å². The predicted octanol–water partition coefficient (Wildman–Crippen LogP) is 4.77. The number of nitrogens with one attached hydrogen (secondary N) is 1. The summed E-state index contributed by atoms with van der Waals surface area (Å²) in [6.07, 6.45) is 0. The van der Waals surface area contributed by atoms with E-state index in [9.17, 15) is 4.79 Å². The molecule has 24 heavy (non-hydrogen) atoms. The molecule has 1 N–H and O–H groups in total. The maximum Gasteiger partial charge on any atom is 0.257 e. The van der Waals surface area contributed by atoms with Crippen LogP contribution in [0.4, 0.5) is 5.13 Å². The van der Waals surface area contributed by atoms with Crippen LogP contribution in [0.25, 0.3) is 11.3 Å². The van der Waals surface area contributed by atoms with Crippen molar-refractivity contribution in [3.8, 4) is 17.0 Å². The maximum atomic E-state index is 12.4. The first-order chi connectivity index (χ1) is 11.7. The first kappa shape index (κ1) is 16.2. The number of thiazole rings is 1. The normalized spacial score (nSPS) is 10.4. The number of rotatable bonds is 5. The molecule has 0 saturated carbocycles. The van der Waals surface area contributed by atoms with E-state index in [-0.39, 0.29) is 5.91 Å². The van der Waals surface area contributed by atoms with Crippen LogP contribution in [0.15, 0.2) is 53.9 Å². The van der Waals surface area contributed by atoms with Gasteiger partial charge in [-0.2, -0.15) is 0 Å². The Labute approximate surface area is 145 Å². The molecule has 1 amide bonds. The Morgan fingerprint density at radius 2 is 1.92 bits per heavy atom. The highest BCUT2D eigenvalue weighted by molar-refractivity contribution is 7.14. The van der Waals surface area contributed by atoms with Crippen molar-refractivity contribution in [3.05, 3.63) is 65.0 Å². The fraction of sp³-hybridized carbons (Fsp3) is 0.158. The van der Waals surface area contributed by atoms with E-state index in [1.165, 1.54) is 11.3 Å². The largest absolute Gasteiger partial charge is 0.493 e. The van der Waals surface area contributed by atoms with Crippen molar-refractivity contribution in [1.29, 1.82) is 0 Å². The minimum absolute atomic E-state index is 0.146. The zero-order chi connectivity index (χ0) is 16.9. The standard InChI is InChI=1S/C19H18N2O2S/c1-3-23-17-11-7-6-10-15(17)16-12-24-19(20-16)21-18(22)14-9-5-4-8-13(14)2/h4-12H,3H2,1-2H3,(H,20,21,22). The Hall–Kier alpha value is -2.66. The third-order valence-electron chi connectivity index (χ3n) is 3.58. The van der Waals surface area contributed by atoms with Gasteiger partial charge < -0.3 is 4.74 Å². The van der Waals surface area contributed by atoms with Crippen LogP contribution in [-0.2, 0) is 0 Å². The SMILES string of the molecule is CCOc1ccccc1-c1csc(NC(=O)c2ccccc2C)n1. The number of anilines is 1. The lowest BCUT2D eigenvalue weighted by Crippen LogP contribution is -2.13. The molecule has 5 heteroatoms. The molecule has 0 atom stereocenters. The lowest BCUT2D eigenvalue weighted by molar-refractivity contribution is 0.102. The number of aromatic nitrogens is 1. The van der Waals surface area contributed by atoms with Gasteiger partial charge in [0.05, 0.1) is 12.3 Å². The van der Waals surface area contributed by atoms with E-state index in [4.69, 9.17) is 4.74 Å². The summed E-state index contributed by atoms with van der Waals surface area (Å²) in [5, 5.41) is 5.36. The molecule has 4 nitrogen and oxygen atoms in total. The van der Waals surface area contributed by atoms with Gasteiger partial charge >= 0.3 is 0 Å². The van der Waals surface area contributed by atoms with E-state index < -0.39 is 0 Å². The van der Waals surface area contributed by atoms with Crippen LogP contribution < -0.4 is 10.1 Å². The second-order valence-electron chi connectivity index (χ2n) is 5.24. The van der Waals surface area contributed by atoms with E-state index in [2.05, 4.69) is 10.3 Å². The lowest BCUT2D eigenvalue weighted by atomic mass is 10.1. The quantitative estimate of drug-likeness (QED) is 0.729. The molecule has 1 aromatic heterocycles. The second kappa shape index (κ2) is 7.27. The topological polar surface area (TPSA) is 51.2 Å². The average molecular weight is 338 g/mol. The summed E-state index contributed by atoms with van der Waals surface area (Å²) in [5.41, 5.74) is 3.31. The Morgan fingerprint density at radius 3 is 2.71 bits per heavy atom. The molecular weight excluding hydrogens is 320 g/mol. The summed E-state index contributed by atoms with van der Waals surface area (Å²) in [6.45, 7) is 4.46. The molecule has 0 bridgehead atoms. The van der Waals surface area contributed by atoms with Crippen LogP contribution in [0, 0.1) is 6.92 Å². The highest BCUT2D eigenvalue weighted by Gasteiger charge is 2.13. The van der Waals surface area contributed by atoms with E-state index in [0.29, 0.717) is 17.3 Å². The van der Waals surface area contributed by atoms with Crippen LogP contribution in [-0.4, -0.2) is 17.5 Å². The van der Waals surface area contributed by atoms with Gasteiger partial charge in [0.2, 0.25) is 0 Å². The number of amides is 1. The molecule has 3 aromatic rings. The number of ether oxygens (including phenoxy) is 1. The van der Waals surface area contributed by atoms with Crippen molar-refractivity contribution in [1.82, 2.24) is 4.98 Å². The van der Waals surface area contributed by atoms with Gasteiger partial charge in [-0.15, -0.1) is 11.3 Å². The molecule has 3 rings (SSSR count). The Morgan fingerprint density at radius 1 is 1.17 bits per heavy atom. The van der Waals surface area contributed by atoms with Crippen LogP contribution in [0.3, 0.4) is 0 Å². The van der Waals surface area contributed by atoms with Crippen molar-refractivity contribution in [2.75, 3.05) is 11.9 Å². The average Bonchev–Trinajstić information content (AvgIpc) is 3.04. The number of hydrogen-bond donors (Lipinski definition) is 1. The van der Waals surface area contributed by atoms with Crippen molar-refractivity contribution >= 4 is 22.4 Å². The molecule has 0 unspecified atom stereocenters. The van der Waals surface area contributed by atoms with E-state index in [1.54, 1.807) is 0 Å². The predicted molar refractivity (Wildman–Crippen MR) is 97.9 cm³/mol. The number of benzene rings is 2. The first-order valence-corrected chi connectivity index (χ1v) is 8.61. The van der Waals surface area contributed by atoms with Crippen molar-refractivity contribution in [3.63, 3.8) is 0 Å². The number of carbonyl (C=O) groups excluding carboxylic acids is 1. The van der Waals surface area contributed by atoms with Gasteiger partial charge in [0.15, 0.2) is 5.13 Å². The zero-order valence-corrected chi connectivity index (χ0v) is 14.4. The minimum Gasteiger partial charge on any atom is -0.493 e. The molecule has 0 aliphatic heterocycles. The molecular formula is C19H18N2O2S. The van der Waals surface area contributed by atoms with Crippen molar-refractivity contribution < 1.29 is 9.53 Å². The number of hydrogen-bond acceptors (Lipinski definition) is 4. The zero-order valence-electron chi connectivity index (χ0n) is 13.6. The first-order valence-electron chi connectivity index (χ1n) is 7.73. The molecule has 0 aliphatic rings. The molecule has 0 saturated heterocycles. The van der Waals surface area contributed by atoms with Crippen LogP contribution in [0.5, 0.6) is 5.75 Å². The van der Waals surface area contributed by atoms with Crippen molar-refractivity contribution in [2.45, 2.75) is 13.8 Å². The molecule has 0 aliphatic carbocycles. The molecule has 122 valence electrons. The van der Waals surface area contributed by atoms with E-state index in [0.717, 1.165) is 22.6 Å². The summed E-state index contributed by atoms with van der Waals surface area (Å²) in [6, 6.07) is 15.3. The highest BCUT2D eigenvalue weighted by atomic mass is 32.1. The summed E-state index contributed by atoms with van der Waals surface area (Å²) >= 11 is 1.40. The number of para-hydroxylation sites is 1. The maximum absolute atomic E-state index is 12.4. The number of carbonyl (C=O) groups is 1. The van der Waals surface area contributed by atoms with Gasteiger partial charge in [-0.25, -0.2) is 4.98 Å². The second-order valence-corrected chi connectivity index (χ2v) is 6.09. The molecule has 0 fully saturated rings. The summed E-state index contributed by atoms with van der Waals surface area (Å²) in [4.78, 5) is 16.9. The van der Waals surface area contributed by atoms with E-state index in [1.807, 2.05) is 67.8 Å². The fourth-order valence-electron chi connectivity index (χ4n) is 2.41. The molecule has 1 heterocycles. The summed E-state index contributed by atoms with van der Waals surface area (Å²) < 4.78 is 5.64. The minimum atomic E-state index is -0.146. The smallest absolute Gasteiger partial charge is 0.257 e. The van der Waals surface area contributed by atoms with E-state index >= 15 is 0 Å². The van der Waals surface area contributed by atoms with Crippen LogP contribution >= 0.6 is 11.3 Å². The third kappa shape index (κ3) is 3.46. The van der Waals surface area contributed by atoms with Gasteiger partial charge in [-0.3, -0.25) is 10.1 Å². The van der Waals surface area contributed by atoms with Gasteiger partial charge in [0.25, 0.3) is 5.91 Å². The fourth-order valence-corrected chi connectivity index (χ4v) is 3.11. The third-order valence-corrected chi connectivity index (χ3v) is 4.33. The number of nitrogens with zero attached hydrogens (tertiary/aromatic N) is 1. The monoisotopic (exact) mass is 338 g/mol. The van der Waals surface area contributed by atoms with Gasteiger partial charge in [0.1, 0.15) is 5.75 Å². The van der Waals surface area contributed by atoms with Gasteiger partial charge in [-0.05, 0) is 37.6 Å². The van der Waals surface area contributed by atoms with Crippen LogP contribution in [0.1, 0.15) is 22.8 Å². The van der Waals surface area contributed by atoms with Crippen LogP contribution in [0.2, 0.25) is 0 Å². The molecule has 2 aromatic carbocycles. The Balaban J connectivity index is 1.82. The summed E-state index contributed by atoms with van der Waals surface area (Å²) in [7, 11) is 0. The highest BCUT2D eigenvalue weighted by Crippen LogP contribution is 2.32. The Kier molecular flexibility index (Phi) is 4.91. The Bertz CT molecular complexity index is 858. The number of aryl methyl sites for hydroxylation is 1. The van der Waals surface area contributed by atoms with Crippen molar-refractivity contribution in [2.24, 2.45) is 0 Å². The van der Waals surface area contributed by atoms with Gasteiger partial charge in [0, 0.05) is 16.5 Å². The molecule has 0 radical (unpaired) electrons.